The molecule has 122 valence electrons. The highest BCUT2D eigenvalue weighted by molar-refractivity contribution is 5.94. The topological polar surface area (TPSA) is 79.5 Å². The van der Waals surface area contributed by atoms with Gasteiger partial charge in [-0.25, -0.2) is 0 Å². The summed E-state index contributed by atoms with van der Waals surface area (Å²) >= 11 is 0. The Morgan fingerprint density at radius 3 is 2.45 bits per heavy atom. The summed E-state index contributed by atoms with van der Waals surface area (Å²) in [6, 6.07) is 7.06. The molecule has 0 aliphatic heterocycles. The van der Waals surface area contributed by atoms with Crippen LogP contribution in [-0.2, 0) is 9.53 Å². The van der Waals surface area contributed by atoms with Crippen LogP contribution in [0.5, 0.6) is 0 Å². The van der Waals surface area contributed by atoms with Gasteiger partial charge in [0.1, 0.15) is 0 Å². The Hall–Kier alpha value is -2.08. The second kappa shape index (κ2) is 10.6. The lowest BCUT2D eigenvalue weighted by Gasteiger charge is -2.08. The smallest absolute Gasteiger partial charge is 0.251 e. The average Bonchev–Trinajstić information content (AvgIpc) is 2.55. The summed E-state index contributed by atoms with van der Waals surface area (Å²) < 4.78 is 4.91. The molecule has 0 unspecified atom stereocenters. The van der Waals surface area contributed by atoms with E-state index in [9.17, 15) is 9.59 Å². The summed E-state index contributed by atoms with van der Waals surface area (Å²) in [4.78, 5) is 23.3. The van der Waals surface area contributed by atoms with Gasteiger partial charge in [0, 0.05) is 38.1 Å². The van der Waals surface area contributed by atoms with Gasteiger partial charge in [-0.2, -0.15) is 0 Å². The van der Waals surface area contributed by atoms with Crippen LogP contribution in [0.1, 0.15) is 30.1 Å². The minimum Gasteiger partial charge on any atom is -0.385 e. The van der Waals surface area contributed by atoms with Gasteiger partial charge in [0.2, 0.25) is 5.91 Å². The van der Waals surface area contributed by atoms with E-state index in [1.165, 1.54) is 0 Å². The van der Waals surface area contributed by atoms with Crippen molar-refractivity contribution in [1.82, 2.24) is 10.6 Å². The number of rotatable bonds is 10. The van der Waals surface area contributed by atoms with Crippen LogP contribution in [0.25, 0.3) is 0 Å². The Kier molecular flexibility index (Phi) is 8.67. The Labute approximate surface area is 131 Å². The molecule has 0 atom stereocenters. The third-order valence-corrected chi connectivity index (χ3v) is 2.98. The maximum atomic E-state index is 11.7. The number of ether oxygens (including phenoxy) is 1. The van der Waals surface area contributed by atoms with Crippen molar-refractivity contribution in [3.63, 3.8) is 0 Å². The van der Waals surface area contributed by atoms with E-state index in [0.29, 0.717) is 25.3 Å². The highest BCUT2D eigenvalue weighted by Crippen LogP contribution is 2.09. The molecule has 3 N–H and O–H groups in total. The van der Waals surface area contributed by atoms with E-state index in [0.717, 1.165) is 18.5 Å². The first kappa shape index (κ1) is 18.0. The zero-order valence-electron chi connectivity index (χ0n) is 13.3. The van der Waals surface area contributed by atoms with Gasteiger partial charge >= 0.3 is 0 Å². The van der Waals surface area contributed by atoms with Crippen molar-refractivity contribution < 1.29 is 14.3 Å². The standard InChI is InChI=1S/C16H25N3O3/c1-3-9-18-16(21)13-5-7-14(8-6-13)19-12-15(20)17-10-4-11-22-2/h5-8,19H,3-4,9-12H2,1-2H3,(H,17,20)(H,18,21). The van der Waals surface area contributed by atoms with Gasteiger partial charge < -0.3 is 20.7 Å². The van der Waals surface area contributed by atoms with Gasteiger partial charge in [-0.1, -0.05) is 6.92 Å². The number of anilines is 1. The molecule has 0 heterocycles. The van der Waals surface area contributed by atoms with Crippen LogP contribution in [0.4, 0.5) is 5.69 Å². The van der Waals surface area contributed by atoms with Gasteiger partial charge in [-0.15, -0.1) is 0 Å². The summed E-state index contributed by atoms with van der Waals surface area (Å²) in [6.07, 6.45) is 1.70. The summed E-state index contributed by atoms with van der Waals surface area (Å²) in [6.45, 7) is 4.12. The Morgan fingerprint density at radius 2 is 1.82 bits per heavy atom. The molecule has 0 saturated carbocycles. The maximum Gasteiger partial charge on any atom is 0.251 e. The molecule has 1 aromatic carbocycles. The predicted octanol–water partition coefficient (Wildman–Crippen LogP) is 1.39. The number of hydrogen-bond donors (Lipinski definition) is 3. The molecule has 6 nitrogen and oxygen atoms in total. The molecule has 0 radical (unpaired) electrons. The molecule has 0 saturated heterocycles. The van der Waals surface area contributed by atoms with E-state index in [4.69, 9.17) is 4.74 Å². The van der Waals surface area contributed by atoms with Crippen LogP contribution in [0.3, 0.4) is 0 Å². The Bertz CT molecular complexity index is 460. The molecule has 2 amide bonds. The minimum atomic E-state index is -0.0794. The molecule has 0 fully saturated rings. The predicted molar refractivity (Wildman–Crippen MR) is 87.1 cm³/mol. The monoisotopic (exact) mass is 307 g/mol. The van der Waals surface area contributed by atoms with E-state index in [1.807, 2.05) is 6.92 Å². The number of amides is 2. The summed E-state index contributed by atoms with van der Waals surface area (Å²) in [5.41, 5.74) is 1.42. The van der Waals surface area contributed by atoms with E-state index in [-0.39, 0.29) is 18.4 Å². The van der Waals surface area contributed by atoms with Crippen molar-refractivity contribution in [2.45, 2.75) is 19.8 Å². The van der Waals surface area contributed by atoms with Gasteiger partial charge in [-0.05, 0) is 37.1 Å². The second-order valence-electron chi connectivity index (χ2n) is 4.88. The van der Waals surface area contributed by atoms with Crippen LogP contribution in [0, 0.1) is 0 Å². The van der Waals surface area contributed by atoms with Crippen LogP contribution in [-0.4, -0.2) is 45.2 Å². The lowest BCUT2D eigenvalue weighted by atomic mass is 10.2. The van der Waals surface area contributed by atoms with Crippen molar-refractivity contribution >= 4 is 17.5 Å². The summed E-state index contributed by atoms with van der Waals surface area (Å²) in [7, 11) is 1.63. The molecular formula is C16H25N3O3. The Balaban J connectivity index is 2.32. The average molecular weight is 307 g/mol. The van der Waals surface area contributed by atoms with E-state index in [2.05, 4.69) is 16.0 Å². The highest BCUT2D eigenvalue weighted by atomic mass is 16.5. The molecule has 1 aromatic rings. The van der Waals surface area contributed by atoms with Crippen molar-refractivity contribution in [3.05, 3.63) is 29.8 Å². The molecule has 22 heavy (non-hydrogen) atoms. The molecule has 0 spiro atoms. The van der Waals surface area contributed by atoms with Crippen molar-refractivity contribution in [1.29, 1.82) is 0 Å². The zero-order valence-corrected chi connectivity index (χ0v) is 13.3. The molecule has 6 heteroatoms. The first-order valence-corrected chi connectivity index (χ1v) is 7.55. The fourth-order valence-electron chi connectivity index (χ4n) is 1.77. The Morgan fingerprint density at radius 1 is 1.09 bits per heavy atom. The van der Waals surface area contributed by atoms with Gasteiger partial charge in [0.25, 0.3) is 5.91 Å². The number of nitrogens with one attached hydrogen (secondary N) is 3. The quantitative estimate of drug-likeness (QED) is 0.571. The highest BCUT2D eigenvalue weighted by Gasteiger charge is 2.05. The van der Waals surface area contributed by atoms with Crippen LogP contribution < -0.4 is 16.0 Å². The number of benzene rings is 1. The summed E-state index contributed by atoms with van der Waals surface area (Å²) in [5, 5.41) is 8.63. The molecule has 0 bridgehead atoms. The fraction of sp³-hybridized carbons (Fsp3) is 0.500. The third-order valence-electron chi connectivity index (χ3n) is 2.98. The van der Waals surface area contributed by atoms with Crippen molar-refractivity contribution in [2.75, 3.05) is 38.7 Å². The lowest BCUT2D eigenvalue weighted by Crippen LogP contribution is -2.31. The normalized spacial score (nSPS) is 10.1. The first-order chi connectivity index (χ1) is 10.7. The number of hydrogen-bond acceptors (Lipinski definition) is 4. The minimum absolute atomic E-state index is 0.0686. The van der Waals surface area contributed by atoms with Gasteiger partial charge in [-0.3, -0.25) is 9.59 Å². The maximum absolute atomic E-state index is 11.7. The SMILES string of the molecule is CCCNC(=O)c1ccc(NCC(=O)NCCCOC)cc1. The number of methoxy groups -OCH3 is 1. The van der Waals surface area contributed by atoms with E-state index < -0.39 is 0 Å². The van der Waals surface area contributed by atoms with Crippen molar-refractivity contribution in [2.24, 2.45) is 0 Å². The zero-order chi connectivity index (χ0) is 16.2. The molecule has 0 aliphatic rings. The molecular weight excluding hydrogens is 282 g/mol. The van der Waals surface area contributed by atoms with E-state index in [1.54, 1.807) is 31.4 Å². The largest absolute Gasteiger partial charge is 0.385 e. The van der Waals surface area contributed by atoms with Crippen LogP contribution in [0.15, 0.2) is 24.3 Å². The van der Waals surface area contributed by atoms with Gasteiger partial charge in [0.15, 0.2) is 0 Å². The third kappa shape index (κ3) is 7.08. The second-order valence-corrected chi connectivity index (χ2v) is 4.88. The van der Waals surface area contributed by atoms with Crippen LogP contribution >= 0.6 is 0 Å². The lowest BCUT2D eigenvalue weighted by molar-refractivity contribution is -0.119. The van der Waals surface area contributed by atoms with Crippen molar-refractivity contribution in [3.8, 4) is 0 Å². The molecule has 0 aromatic heterocycles. The number of carbonyl (C=O) groups excluding carboxylic acids is 2. The summed E-state index contributed by atoms with van der Waals surface area (Å²) in [5.74, 6) is -0.148. The number of carbonyl (C=O) groups is 2. The van der Waals surface area contributed by atoms with Crippen LogP contribution in [0.2, 0.25) is 0 Å². The first-order valence-electron chi connectivity index (χ1n) is 7.55. The fourth-order valence-corrected chi connectivity index (χ4v) is 1.77. The molecule has 0 aliphatic carbocycles. The molecule has 1 rings (SSSR count). The van der Waals surface area contributed by atoms with E-state index >= 15 is 0 Å². The van der Waals surface area contributed by atoms with Gasteiger partial charge in [0.05, 0.1) is 6.54 Å².